The van der Waals surface area contributed by atoms with E-state index >= 15 is 0 Å². The minimum absolute atomic E-state index is 0.0514. The van der Waals surface area contributed by atoms with Crippen molar-refractivity contribution in [1.82, 2.24) is 4.98 Å². The summed E-state index contributed by atoms with van der Waals surface area (Å²) >= 11 is 0. The second kappa shape index (κ2) is 4.64. The Hall–Kier alpha value is -1.73. The van der Waals surface area contributed by atoms with Crippen molar-refractivity contribution >= 4 is 6.29 Å². The zero-order chi connectivity index (χ0) is 13.2. The lowest BCUT2D eigenvalue weighted by Gasteiger charge is -2.13. The number of rotatable bonds is 3. The van der Waals surface area contributed by atoms with Crippen LogP contribution in [0.15, 0.2) is 6.07 Å². The third-order valence-corrected chi connectivity index (χ3v) is 1.89. The number of aromatic nitrogens is 1. The maximum Gasteiger partial charge on any atom is 0.421 e. The molecule has 17 heavy (non-hydrogen) atoms. The highest BCUT2D eigenvalue weighted by molar-refractivity contribution is 5.75. The van der Waals surface area contributed by atoms with E-state index in [-0.39, 0.29) is 12.4 Å². The van der Waals surface area contributed by atoms with E-state index in [0.717, 1.165) is 7.11 Å². The fourth-order valence-corrected chi connectivity index (χ4v) is 1.15. The van der Waals surface area contributed by atoms with E-state index in [2.05, 4.69) is 9.72 Å². The lowest BCUT2D eigenvalue weighted by Crippen LogP contribution is -2.12. The number of halogens is 5. The Balaban J connectivity index is 3.50. The molecule has 1 rings (SSSR count). The van der Waals surface area contributed by atoms with Crippen molar-refractivity contribution in [3.05, 3.63) is 22.9 Å². The molecule has 3 nitrogen and oxygen atoms in total. The third kappa shape index (κ3) is 2.69. The molecule has 0 fully saturated rings. The highest BCUT2D eigenvalue weighted by Crippen LogP contribution is 2.37. The predicted molar refractivity (Wildman–Crippen MR) is 46.1 cm³/mol. The monoisotopic (exact) mass is 255 g/mol. The van der Waals surface area contributed by atoms with Crippen molar-refractivity contribution in [2.24, 2.45) is 0 Å². The quantitative estimate of drug-likeness (QED) is 0.615. The van der Waals surface area contributed by atoms with Crippen molar-refractivity contribution in [3.8, 4) is 5.88 Å². The number of aldehydes is 1. The Morgan fingerprint density at radius 3 is 2.35 bits per heavy atom. The van der Waals surface area contributed by atoms with E-state index < -0.39 is 35.3 Å². The molecule has 0 aliphatic carbocycles. The highest BCUT2D eigenvalue weighted by Gasteiger charge is 2.37. The Morgan fingerprint density at radius 1 is 1.41 bits per heavy atom. The Labute approximate surface area is 92.2 Å². The van der Waals surface area contributed by atoms with Gasteiger partial charge in [-0.15, -0.1) is 0 Å². The van der Waals surface area contributed by atoms with E-state index in [1.807, 2.05) is 0 Å². The van der Waals surface area contributed by atoms with Crippen molar-refractivity contribution in [1.29, 1.82) is 0 Å². The van der Waals surface area contributed by atoms with Crippen LogP contribution in [0.1, 0.15) is 28.0 Å². The van der Waals surface area contributed by atoms with E-state index in [1.54, 1.807) is 0 Å². The van der Waals surface area contributed by atoms with Crippen molar-refractivity contribution in [3.63, 3.8) is 0 Å². The normalized spacial score (nSPS) is 11.7. The zero-order valence-electron chi connectivity index (χ0n) is 8.39. The first-order valence-corrected chi connectivity index (χ1v) is 4.20. The summed E-state index contributed by atoms with van der Waals surface area (Å²) in [5.41, 5.74) is -3.29. The van der Waals surface area contributed by atoms with Crippen LogP contribution in [-0.4, -0.2) is 18.4 Å². The second-order valence-electron chi connectivity index (χ2n) is 2.94. The molecule has 1 aromatic heterocycles. The number of alkyl halides is 5. The lowest BCUT2D eigenvalue weighted by molar-refractivity contribution is -0.139. The molecular formula is C9H6F5NO2. The van der Waals surface area contributed by atoms with E-state index in [9.17, 15) is 26.7 Å². The van der Waals surface area contributed by atoms with Crippen LogP contribution in [0.2, 0.25) is 0 Å². The SMILES string of the molecule is COc1nc(C=O)c(C(F)F)cc1C(F)(F)F. The summed E-state index contributed by atoms with van der Waals surface area (Å²) in [6.45, 7) is 0. The molecule has 0 bridgehead atoms. The molecule has 1 heterocycles. The number of carbonyl (C=O) groups excluding carboxylic acids is 1. The van der Waals surface area contributed by atoms with Gasteiger partial charge < -0.3 is 4.74 Å². The molecule has 0 saturated heterocycles. The lowest BCUT2D eigenvalue weighted by atomic mass is 10.1. The van der Waals surface area contributed by atoms with Gasteiger partial charge in [0, 0.05) is 5.56 Å². The van der Waals surface area contributed by atoms with Crippen LogP contribution in [0.3, 0.4) is 0 Å². The molecule has 0 aliphatic heterocycles. The molecular weight excluding hydrogens is 249 g/mol. The first-order chi connectivity index (χ1) is 7.81. The van der Waals surface area contributed by atoms with Crippen LogP contribution in [0.5, 0.6) is 5.88 Å². The largest absolute Gasteiger partial charge is 0.481 e. The number of methoxy groups -OCH3 is 1. The minimum atomic E-state index is -4.89. The standard InChI is InChI=1S/C9H6F5NO2/c1-17-8-5(9(12,13)14)2-4(7(10)11)6(3-16)15-8/h2-3,7H,1H3. The van der Waals surface area contributed by atoms with Gasteiger partial charge in [-0.1, -0.05) is 0 Å². The van der Waals surface area contributed by atoms with Crippen molar-refractivity contribution in [2.45, 2.75) is 12.6 Å². The average Bonchev–Trinajstić information content (AvgIpc) is 2.25. The van der Waals surface area contributed by atoms with Gasteiger partial charge in [-0.05, 0) is 6.07 Å². The van der Waals surface area contributed by atoms with Crippen molar-refractivity contribution < 1.29 is 31.5 Å². The summed E-state index contributed by atoms with van der Waals surface area (Å²) < 4.78 is 66.5. The molecule has 94 valence electrons. The highest BCUT2D eigenvalue weighted by atomic mass is 19.4. The molecule has 8 heteroatoms. The number of carbonyl (C=O) groups is 1. The van der Waals surface area contributed by atoms with Gasteiger partial charge >= 0.3 is 6.18 Å². The van der Waals surface area contributed by atoms with Gasteiger partial charge in [-0.25, -0.2) is 13.8 Å². The zero-order valence-corrected chi connectivity index (χ0v) is 8.39. The summed E-state index contributed by atoms with van der Waals surface area (Å²) in [6.07, 6.45) is -8.16. The van der Waals surface area contributed by atoms with Gasteiger partial charge in [-0.3, -0.25) is 4.79 Å². The third-order valence-electron chi connectivity index (χ3n) is 1.89. The van der Waals surface area contributed by atoms with Crippen LogP contribution >= 0.6 is 0 Å². The van der Waals surface area contributed by atoms with Gasteiger partial charge in [0.25, 0.3) is 6.43 Å². The maximum absolute atomic E-state index is 12.5. The first kappa shape index (κ1) is 13.3. The predicted octanol–water partition coefficient (Wildman–Crippen LogP) is 2.86. The average molecular weight is 255 g/mol. The second-order valence-corrected chi connectivity index (χ2v) is 2.94. The van der Waals surface area contributed by atoms with E-state index in [1.165, 1.54) is 0 Å². The smallest absolute Gasteiger partial charge is 0.421 e. The summed E-state index contributed by atoms with van der Waals surface area (Å²) in [5.74, 6) is -0.913. The number of ether oxygens (including phenoxy) is 1. The van der Waals surface area contributed by atoms with Gasteiger partial charge in [0.1, 0.15) is 11.3 Å². The molecule has 1 aromatic rings. The maximum atomic E-state index is 12.5. The van der Waals surface area contributed by atoms with Gasteiger partial charge in [0.15, 0.2) is 6.29 Å². The number of hydrogen-bond donors (Lipinski definition) is 0. The number of pyridine rings is 1. The summed E-state index contributed by atoms with van der Waals surface area (Å²) in [4.78, 5) is 13.5. The molecule has 0 atom stereocenters. The number of hydrogen-bond acceptors (Lipinski definition) is 3. The van der Waals surface area contributed by atoms with Crippen LogP contribution < -0.4 is 4.74 Å². The van der Waals surface area contributed by atoms with E-state index in [4.69, 9.17) is 0 Å². The topological polar surface area (TPSA) is 39.2 Å². The Morgan fingerprint density at radius 2 is 2.00 bits per heavy atom. The van der Waals surface area contributed by atoms with Crippen LogP contribution in [0.4, 0.5) is 22.0 Å². The van der Waals surface area contributed by atoms with Crippen molar-refractivity contribution in [2.75, 3.05) is 7.11 Å². The molecule has 0 radical (unpaired) electrons. The van der Waals surface area contributed by atoms with Crippen LogP contribution in [-0.2, 0) is 6.18 Å². The fraction of sp³-hybridized carbons (Fsp3) is 0.333. The first-order valence-electron chi connectivity index (χ1n) is 4.20. The summed E-state index contributed by atoms with van der Waals surface area (Å²) in [7, 11) is 0.897. The molecule has 0 unspecified atom stereocenters. The van der Waals surface area contributed by atoms with Gasteiger partial charge in [0.2, 0.25) is 5.88 Å². The molecule has 0 aromatic carbocycles. The summed E-state index contributed by atoms with van der Waals surface area (Å²) in [6, 6.07) is 0.167. The van der Waals surface area contributed by atoms with E-state index in [0.29, 0.717) is 0 Å². The van der Waals surface area contributed by atoms with Crippen LogP contribution in [0, 0.1) is 0 Å². The Kier molecular flexibility index (Phi) is 3.64. The Bertz CT molecular complexity index is 430. The fourth-order valence-electron chi connectivity index (χ4n) is 1.15. The molecule has 0 amide bonds. The number of nitrogens with zero attached hydrogens (tertiary/aromatic N) is 1. The van der Waals surface area contributed by atoms with Gasteiger partial charge in [0.05, 0.1) is 7.11 Å². The molecule has 0 spiro atoms. The molecule has 0 aliphatic rings. The summed E-state index contributed by atoms with van der Waals surface area (Å²) in [5, 5.41) is 0. The van der Waals surface area contributed by atoms with Crippen LogP contribution in [0.25, 0.3) is 0 Å². The van der Waals surface area contributed by atoms with Gasteiger partial charge in [-0.2, -0.15) is 13.2 Å². The molecule has 0 saturated carbocycles. The minimum Gasteiger partial charge on any atom is -0.481 e. The molecule has 0 N–H and O–H groups in total.